The van der Waals surface area contributed by atoms with E-state index in [2.05, 4.69) is 25.8 Å². The van der Waals surface area contributed by atoms with Crippen LogP contribution in [-0.4, -0.2) is 30.6 Å². The molecular formula is C14H30N2. The van der Waals surface area contributed by atoms with Crippen molar-refractivity contribution in [3.05, 3.63) is 0 Å². The molecular weight excluding hydrogens is 196 g/mol. The molecule has 0 aromatic rings. The van der Waals surface area contributed by atoms with Gasteiger partial charge in [-0.2, -0.15) is 0 Å². The van der Waals surface area contributed by atoms with E-state index in [0.717, 1.165) is 12.5 Å². The topological polar surface area (TPSA) is 29.3 Å². The first kappa shape index (κ1) is 14.0. The van der Waals surface area contributed by atoms with Gasteiger partial charge < -0.3 is 5.73 Å². The molecule has 0 amide bonds. The highest BCUT2D eigenvalue weighted by molar-refractivity contribution is 4.93. The molecule has 0 radical (unpaired) electrons. The summed E-state index contributed by atoms with van der Waals surface area (Å²) in [5.74, 6) is 0.843. The highest BCUT2D eigenvalue weighted by atomic mass is 15.2. The van der Waals surface area contributed by atoms with E-state index < -0.39 is 0 Å². The van der Waals surface area contributed by atoms with Gasteiger partial charge in [0.05, 0.1) is 0 Å². The molecule has 0 atom stereocenters. The Bertz CT molecular complexity index is 181. The van der Waals surface area contributed by atoms with Gasteiger partial charge in [0.25, 0.3) is 0 Å². The third-order valence-corrected chi connectivity index (χ3v) is 4.66. The average Bonchev–Trinajstić information content (AvgIpc) is 2.36. The maximum atomic E-state index is 6.06. The molecule has 96 valence electrons. The van der Waals surface area contributed by atoms with Crippen LogP contribution in [0.15, 0.2) is 0 Å². The predicted octanol–water partition coefficient (Wildman–Crippen LogP) is 3.02. The lowest BCUT2D eigenvalue weighted by molar-refractivity contribution is 0.0661. The van der Waals surface area contributed by atoms with Crippen molar-refractivity contribution in [3.63, 3.8) is 0 Å². The summed E-state index contributed by atoms with van der Waals surface area (Å²) in [6, 6.07) is 0. The molecule has 1 rings (SSSR count). The van der Waals surface area contributed by atoms with Gasteiger partial charge in [0.15, 0.2) is 0 Å². The Balaban J connectivity index is 2.56. The molecule has 0 aromatic heterocycles. The largest absolute Gasteiger partial charge is 0.329 e. The van der Waals surface area contributed by atoms with E-state index in [1.165, 1.54) is 51.5 Å². The normalized spacial score (nSPS) is 20.6. The molecule has 0 bridgehead atoms. The Morgan fingerprint density at radius 2 is 1.69 bits per heavy atom. The minimum atomic E-state index is 0.320. The lowest BCUT2D eigenvalue weighted by Crippen LogP contribution is -2.54. The Hall–Kier alpha value is -0.0800. The van der Waals surface area contributed by atoms with Crippen LogP contribution in [0.4, 0.5) is 0 Å². The van der Waals surface area contributed by atoms with Crippen LogP contribution >= 0.6 is 0 Å². The molecule has 0 spiro atoms. The summed E-state index contributed by atoms with van der Waals surface area (Å²) < 4.78 is 0. The summed E-state index contributed by atoms with van der Waals surface area (Å²) in [7, 11) is 2.29. The van der Waals surface area contributed by atoms with Crippen LogP contribution in [0, 0.1) is 5.92 Å². The van der Waals surface area contributed by atoms with E-state index in [1.807, 2.05) is 0 Å². The van der Waals surface area contributed by atoms with Gasteiger partial charge >= 0.3 is 0 Å². The van der Waals surface area contributed by atoms with Crippen LogP contribution in [0.5, 0.6) is 0 Å². The quantitative estimate of drug-likeness (QED) is 0.754. The van der Waals surface area contributed by atoms with E-state index in [1.54, 1.807) is 0 Å². The molecule has 0 heterocycles. The molecule has 2 heteroatoms. The van der Waals surface area contributed by atoms with Gasteiger partial charge in [-0.15, -0.1) is 0 Å². The Morgan fingerprint density at radius 1 is 1.12 bits per heavy atom. The van der Waals surface area contributed by atoms with Gasteiger partial charge in [-0.25, -0.2) is 0 Å². The predicted molar refractivity (Wildman–Crippen MR) is 71.6 cm³/mol. The Kier molecular flexibility index (Phi) is 5.77. The second kappa shape index (κ2) is 6.61. The molecule has 1 aliphatic carbocycles. The number of likely N-dealkylation sites (N-methyl/N-ethyl adjacent to an activating group) is 1. The van der Waals surface area contributed by atoms with Crippen LogP contribution in [0.2, 0.25) is 0 Å². The zero-order valence-electron chi connectivity index (χ0n) is 11.5. The lowest BCUT2D eigenvalue weighted by atomic mass is 9.80. The lowest BCUT2D eigenvalue weighted by Gasteiger charge is -2.45. The molecule has 0 unspecified atom stereocenters. The first-order valence-electron chi connectivity index (χ1n) is 7.09. The van der Waals surface area contributed by atoms with Crippen molar-refractivity contribution in [1.29, 1.82) is 0 Å². The van der Waals surface area contributed by atoms with E-state index in [4.69, 9.17) is 5.73 Å². The van der Waals surface area contributed by atoms with Crippen molar-refractivity contribution in [2.75, 3.05) is 20.1 Å². The van der Waals surface area contributed by atoms with Crippen LogP contribution in [-0.2, 0) is 0 Å². The molecule has 0 saturated heterocycles. The van der Waals surface area contributed by atoms with E-state index >= 15 is 0 Å². The minimum absolute atomic E-state index is 0.320. The number of nitrogens with zero attached hydrogens (tertiary/aromatic N) is 1. The second-order valence-electron chi connectivity index (χ2n) is 5.55. The van der Waals surface area contributed by atoms with Crippen LogP contribution in [0.1, 0.15) is 58.8 Å². The third-order valence-electron chi connectivity index (χ3n) is 4.66. The maximum Gasteiger partial charge on any atom is 0.0328 e. The van der Waals surface area contributed by atoms with Crippen LogP contribution in [0.25, 0.3) is 0 Å². The van der Waals surface area contributed by atoms with Gasteiger partial charge in [0.1, 0.15) is 0 Å². The van der Waals surface area contributed by atoms with Gasteiger partial charge in [-0.05, 0) is 25.8 Å². The van der Waals surface area contributed by atoms with Gasteiger partial charge in [-0.3, -0.25) is 4.90 Å². The fourth-order valence-corrected chi connectivity index (χ4v) is 3.08. The fraction of sp³-hybridized carbons (Fsp3) is 1.00. The summed E-state index contributed by atoms with van der Waals surface area (Å²) in [5.41, 5.74) is 6.38. The van der Waals surface area contributed by atoms with Gasteiger partial charge in [-0.1, -0.05) is 46.0 Å². The first-order valence-corrected chi connectivity index (χ1v) is 7.09. The third kappa shape index (κ3) is 3.21. The molecule has 16 heavy (non-hydrogen) atoms. The Labute approximate surface area is 102 Å². The SMILES string of the molecule is CCC(CC)CN(C)C1(CN)CCCCC1. The zero-order valence-corrected chi connectivity index (χ0v) is 11.5. The van der Waals surface area contributed by atoms with Crippen molar-refractivity contribution in [1.82, 2.24) is 4.90 Å². The zero-order chi connectivity index (χ0) is 12.0. The average molecular weight is 226 g/mol. The van der Waals surface area contributed by atoms with Crippen molar-refractivity contribution < 1.29 is 0 Å². The van der Waals surface area contributed by atoms with Gasteiger partial charge in [0, 0.05) is 18.6 Å². The number of nitrogens with two attached hydrogens (primary N) is 1. The maximum absolute atomic E-state index is 6.06. The van der Waals surface area contributed by atoms with E-state index in [-0.39, 0.29) is 0 Å². The highest BCUT2D eigenvalue weighted by Gasteiger charge is 2.34. The summed E-state index contributed by atoms with van der Waals surface area (Å²) >= 11 is 0. The summed E-state index contributed by atoms with van der Waals surface area (Å²) in [6.45, 7) is 6.67. The molecule has 2 nitrogen and oxygen atoms in total. The molecule has 1 fully saturated rings. The van der Waals surface area contributed by atoms with Crippen molar-refractivity contribution >= 4 is 0 Å². The molecule has 0 aromatic carbocycles. The van der Waals surface area contributed by atoms with Gasteiger partial charge in [0.2, 0.25) is 0 Å². The fourth-order valence-electron chi connectivity index (χ4n) is 3.08. The summed E-state index contributed by atoms with van der Waals surface area (Å²) in [5, 5.41) is 0. The standard InChI is InChI=1S/C14H30N2/c1-4-13(5-2)11-16(3)14(12-15)9-7-6-8-10-14/h13H,4-12,15H2,1-3H3. The monoisotopic (exact) mass is 226 g/mol. The second-order valence-corrected chi connectivity index (χ2v) is 5.55. The van der Waals surface area contributed by atoms with Crippen molar-refractivity contribution in [2.24, 2.45) is 11.7 Å². The van der Waals surface area contributed by atoms with Crippen LogP contribution in [0.3, 0.4) is 0 Å². The van der Waals surface area contributed by atoms with E-state index in [0.29, 0.717) is 5.54 Å². The smallest absolute Gasteiger partial charge is 0.0328 e. The van der Waals surface area contributed by atoms with E-state index in [9.17, 15) is 0 Å². The molecule has 2 N–H and O–H groups in total. The molecule has 1 aliphatic rings. The first-order chi connectivity index (χ1) is 7.68. The summed E-state index contributed by atoms with van der Waals surface area (Å²) in [4.78, 5) is 2.57. The van der Waals surface area contributed by atoms with Crippen LogP contribution < -0.4 is 5.73 Å². The molecule has 1 saturated carbocycles. The Morgan fingerprint density at radius 3 is 2.12 bits per heavy atom. The molecule has 0 aliphatic heterocycles. The highest BCUT2D eigenvalue weighted by Crippen LogP contribution is 2.32. The summed E-state index contributed by atoms with van der Waals surface area (Å²) in [6.07, 6.45) is 9.33. The van der Waals surface area contributed by atoms with Crippen molar-refractivity contribution in [3.8, 4) is 0 Å². The van der Waals surface area contributed by atoms with Crippen molar-refractivity contribution in [2.45, 2.75) is 64.3 Å². The number of hydrogen-bond acceptors (Lipinski definition) is 2. The number of hydrogen-bond donors (Lipinski definition) is 1. The number of rotatable bonds is 6. The minimum Gasteiger partial charge on any atom is -0.329 e.